The van der Waals surface area contributed by atoms with E-state index in [2.05, 4.69) is 16.9 Å². The second kappa shape index (κ2) is 13.6. The summed E-state index contributed by atoms with van der Waals surface area (Å²) in [4.78, 5) is 36.4. The minimum absolute atomic E-state index is 0.223. The summed E-state index contributed by atoms with van der Waals surface area (Å²) in [5, 5.41) is 3.34. The maximum absolute atomic E-state index is 13.2. The van der Waals surface area contributed by atoms with Gasteiger partial charge in [0.2, 0.25) is 6.41 Å². The van der Waals surface area contributed by atoms with E-state index in [9.17, 15) is 9.59 Å². The van der Waals surface area contributed by atoms with Crippen molar-refractivity contribution in [2.45, 2.75) is 34.1 Å². The molecule has 7 heteroatoms. The van der Waals surface area contributed by atoms with E-state index in [1.807, 2.05) is 50.3 Å². The molecule has 1 heterocycles. The van der Waals surface area contributed by atoms with Crippen LogP contribution in [0, 0.1) is 6.92 Å². The summed E-state index contributed by atoms with van der Waals surface area (Å²) in [7, 11) is 1.66. The summed E-state index contributed by atoms with van der Waals surface area (Å²) >= 11 is 0. The topological polar surface area (TPSA) is 83.9 Å². The SMILES string of the molecule is C=C/C=C(\C=C/C)N(C=O)c1nc(C)c(C(=O)OCC)c(-c2ccccc2)c1C(=NC)NCCC. The highest BCUT2D eigenvalue weighted by atomic mass is 16.5. The highest BCUT2D eigenvalue weighted by Crippen LogP contribution is 2.36. The van der Waals surface area contributed by atoms with Crippen LogP contribution in [0.15, 0.2) is 71.9 Å². The van der Waals surface area contributed by atoms with Crippen molar-refractivity contribution < 1.29 is 14.3 Å². The van der Waals surface area contributed by atoms with E-state index in [4.69, 9.17) is 9.72 Å². The molecule has 1 amide bonds. The number of ether oxygens (including phenoxy) is 1. The van der Waals surface area contributed by atoms with Crippen LogP contribution in [0.25, 0.3) is 11.1 Å². The molecule has 0 bridgehead atoms. The number of aliphatic imine (C=N–C) groups is 1. The van der Waals surface area contributed by atoms with E-state index in [0.717, 1.165) is 12.0 Å². The Hall–Kier alpha value is -4.00. The van der Waals surface area contributed by atoms with Gasteiger partial charge >= 0.3 is 5.97 Å². The molecule has 0 atom stereocenters. The Bertz CT molecular complexity index is 1130. The average molecular weight is 475 g/mol. The number of carbonyl (C=O) groups excluding carboxylic acids is 2. The standard InChI is InChI=1S/C28H34N4O3/c1-7-14-22(15-8-2)32(19-33)27-25(26(29-6)30-18-9-3)24(21-16-12-11-13-17-21)23(20(5)31-27)28(34)35-10-4/h7-8,11-17,19H,1,9-10,18H2,2-6H3,(H,29,30)/b15-8-,22-14+. The highest BCUT2D eigenvalue weighted by molar-refractivity contribution is 6.14. The summed E-state index contributed by atoms with van der Waals surface area (Å²) in [5.74, 6) is 0.381. The first-order chi connectivity index (χ1) is 17.0. The lowest BCUT2D eigenvalue weighted by Gasteiger charge is -2.26. The molecule has 0 aliphatic heterocycles. The number of hydrogen-bond donors (Lipinski definition) is 1. The Balaban J connectivity index is 3.10. The molecular formula is C28H34N4O3. The van der Waals surface area contributed by atoms with Crippen molar-refractivity contribution in [1.82, 2.24) is 10.3 Å². The van der Waals surface area contributed by atoms with Crippen molar-refractivity contribution in [3.05, 3.63) is 83.7 Å². The molecular weight excluding hydrogens is 440 g/mol. The first-order valence-corrected chi connectivity index (χ1v) is 11.7. The molecule has 0 saturated heterocycles. The number of amidine groups is 1. The molecule has 0 radical (unpaired) electrons. The number of aromatic nitrogens is 1. The molecule has 35 heavy (non-hydrogen) atoms. The summed E-state index contributed by atoms with van der Waals surface area (Å²) in [6, 6.07) is 9.52. The Morgan fingerprint density at radius 2 is 1.94 bits per heavy atom. The molecule has 0 aliphatic carbocycles. The molecule has 0 fully saturated rings. The van der Waals surface area contributed by atoms with Crippen molar-refractivity contribution >= 4 is 24.0 Å². The summed E-state index contributed by atoms with van der Waals surface area (Å²) in [6.07, 6.45) is 8.50. The van der Waals surface area contributed by atoms with Crippen LogP contribution in [-0.2, 0) is 9.53 Å². The first kappa shape index (κ1) is 27.2. The zero-order valence-corrected chi connectivity index (χ0v) is 21.2. The summed E-state index contributed by atoms with van der Waals surface area (Å²) < 4.78 is 5.41. The van der Waals surface area contributed by atoms with Crippen molar-refractivity contribution in [3.8, 4) is 11.1 Å². The van der Waals surface area contributed by atoms with Gasteiger partial charge in [0.1, 0.15) is 5.84 Å². The third-order valence-corrected chi connectivity index (χ3v) is 5.14. The van der Waals surface area contributed by atoms with Crippen LogP contribution >= 0.6 is 0 Å². The van der Waals surface area contributed by atoms with Gasteiger partial charge in [-0.15, -0.1) is 0 Å². The Labute approximate surface area is 207 Å². The fourth-order valence-corrected chi connectivity index (χ4v) is 3.70. The fourth-order valence-electron chi connectivity index (χ4n) is 3.70. The van der Waals surface area contributed by atoms with Gasteiger partial charge in [0.15, 0.2) is 5.82 Å². The zero-order valence-electron chi connectivity index (χ0n) is 21.2. The maximum Gasteiger partial charge on any atom is 0.340 e. The lowest BCUT2D eigenvalue weighted by Crippen LogP contribution is -2.31. The molecule has 1 aromatic carbocycles. The molecule has 2 rings (SSSR count). The van der Waals surface area contributed by atoms with Crippen LogP contribution in [0.3, 0.4) is 0 Å². The number of carbonyl (C=O) groups is 2. The van der Waals surface area contributed by atoms with E-state index in [1.54, 1.807) is 39.1 Å². The molecule has 1 aromatic heterocycles. The van der Waals surface area contributed by atoms with Gasteiger partial charge in [-0.2, -0.15) is 0 Å². The lowest BCUT2D eigenvalue weighted by molar-refractivity contribution is -0.107. The van der Waals surface area contributed by atoms with Gasteiger partial charge in [-0.1, -0.05) is 56.0 Å². The molecule has 2 aromatic rings. The minimum atomic E-state index is -0.483. The zero-order chi connectivity index (χ0) is 25.8. The van der Waals surface area contributed by atoms with Gasteiger partial charge in [-0.3, -0.25) is 14.7 Å². The predicted molar refractivity (Wildman–Crippen MR) is 143 cm³/mol. The number of rotatable bonds is 11. The molecule has 1 N–H and O–H groups in total. The second-order valence-corrected chi connectivity index (χ2v) is 7.53. The maximum atomic E-state index is 13.2. The normalized spacial score (nSPS) is 11.9. The number of amides is 1. The number of pyridine rings is 1. The first-order valence-electron chi connectivity index (χ1n) is 11.7. The van der Waals surface area contributed by atoms with Gasteiger partial charge in [-0.25, -0.2) is 9.78 Å². The van der Waals surface area contributed by atoms with Gasteiger partial charge in [0.25, 0.3) is 0 Å². The lowest BCUT2D eigenvalue weighted by atomic mass is 9.92. The Morgan fingerprint density at radius 3 is 2.49 bits per heavy atom. The smallest absolute Gasteiger partial charge is 0.340 e. The van der Waals surface area contributed by atoms with Gasteiger partial charge in [0.05, 0.1) is 23.4 Å². The molecule has 0 unspecified atom stereocenters. The minimum Gasteiger partial charge on any atom is -0.462 e. The summed E-state index contributed by atoms with van der Waals surface area (Å²) in [5.41, 5.74) is 3.26. The number of hydrogen-bond acceptors (Lipinski definition) is 5. The number of esters is 1. The number of nitrogens with zero attached hydrogens (tertiary/aromatic N) is 3. The van der Waals surface area contributed by atoms with E-state index in [1.165, 1.54) is 4.90 Å². The molecule has 0 saturated carbocycles. The van der Waals surface area contributed by atoms with Gasteiger partial charge in [0, 0.05) is 24.9 Å². The van der Waals surface area contributed by atoms with Crippen molar-refractivity contribution in [2.24, 2.45) is 4.99 Å². The van der Waals surface area contributed by atoms with E-state index >= 15 is 0 Å². The highest BCUT2D eigenvalue weighted by Gasteiger charge is 2.30. The monoisotopic (exact) mass is 474 g/mol. The predicted octanol–water partition coefficient (Wildman–Crippen LogP) is 5.22. The van der Waals surface area contributed by atoms with Crippen LogP contribution < -0.4 is 10.2 Å². The largest absolute Gasteiger partial charge is 0.462 e. The van der Waals surface area contributed by atoms with E-state index in [0.29, 0.717) is 52.7 Å². The van der Waals surface area contributed by atoms with Gasteiger partial charge in [-0.05, 0) is 44.9 Å². The number of aryl methyl sites for hydroxylation is 1. The van der Waals surface area contributed by atoms with Crippen LogP contribution in [0.2, 0.25) is 0 Å². The number of allylic oxidation sites excluding steroid dienone is 4. The van der Waals surface area contributed by atoms with Crippen molar-refractivity contribution in [1.29, 1.82) is 0 Å². The Morgan fingerprint density at radius 1 is 1.23 bits per heavy atom. The van der Waals surface area contributed by atoms with Crippen molar-refractivity contribution in [2.75, 3.05) is 25.1 Å². The quantitative estimate of drug-likeness (QED) is 0.159. The van der Waals surface area contributed by atoms with Crippen LogP contribution in [0.4, 0.5) is 5.82 Å². The number of benzene rings is 1. The Kier molecular flexibility index (Phi) is 10.6. The van der Waals surface area contributed by atoms with Crippen LogP contribution in [0.1, 0.15) is 48.8 Å². The number of nitrogens with one attached hydrogen (secondary N) is 1. The van der Waals surface area contributed by atoms with Crippen LogP contribution in [-0.4, -0.2) is 43.4 Å². The molecule has 184 valence electrons. The average Bonchev–Trinajstić information content (AvgIpc) is 2.86. The summed E-state index contributed by atoms with van der Waals surface area (Å²) in [6.45, 7) is 12.1. The van der Waals surface area contributed by atoms with Crippen LogP contribution in [0.5, 0.6) is 0 Å². The van der Waals surface area contributed by atoms with Gasteiger partial charge < -0.3 is 10.1 Å². The van der Waals surface area contributed by atoms with E-state index < -0.39 is 5.97 Å². The number of anilines is 1. The van der Waals surface area contributed by atoms with Crippen molar-refractivity contribution in [3.63, 3.8) is 0 Å². The molecule has 7 nitrogen and oxygen atoms in total. The molecule has 0 aliphatic rings. The molecule has 0 spiro atoms. The third-order valence-electron chi connectivity index (χ3n) is 5.14. The third kappa shape index (κ3) is 6.32. The van der Waals surface area contributed by atoms with E-state index in [-0.39, 0.29) is 6.61 Å². The fraction of sp³-hybridized carbons (Fsp3) is 0.286. The second-order valence-electron chi connectivity index (χ2n) is 7.53.